The Balaban J connectivity index is 1.87. The van der Waals surface area contributed by atoms with Crippen LogP contribution < -0.4 is 0 Å². The van der Waals surface area contributed by atoms with E-state index in [-0.39, 0.29) is 11.4 Å². The van der Waals surface area contributed by atoms with Gasteiger partial charge in [-0.05, 0) is 31.2 Å². The van der Waals surface area contributed by atoms with Crippen molar-refractivity contribution in [3.8, 4) is 17.2 Å². The molecule has 142 valence electrons. The first kappa shape index (κ1) is 17.3. The van der Waals surface area contributed by atoms with Crippen LogP contribution in [0.1, 0.15) is 23.9 Å². The second-order valence-corrected chi connectivity index (χ2v) is 6.76. The number of halogens is 2. The largest absolute Gasteiger partial charge is 0.275 e. The molecule has 6 nitrogen and oxygen atoms in total. The van der Waals surface area contributed by atoms with Gasteiger partial charge in [-0.25, -0.2) is 18.7 Å². The predicted octanol–water partition coefficient (Wildman–Crippen LogP) is 3.70. The lowest BCUT2D eigenvalue weighted by Crippen LogP contribution is -2.28. The maximum absolute atomic E-state index is 14.8. The molecular formula is C21H14F2N6. The number of benzene rings is 2. The van der Waals surface area contributed by atoms with Crippen molar-refractivity contribution < 1.29 is 8.78 Å². The highest BCUT2D eigenvalue weighted by molar-refractivity contribution is 5.87. The summed E-state index contributed by atoms with van der Waals surface area (Å²) in [7, 11) is 0. The minimum absolute atomic E-state index is 0.188. The van der Waals surface area contributed by atoms with E-state index in [0.717, 1.165) is 11.3 Å². The summed E-state index contributed by atoms with van der Waals surface area (Å²) in [6.07, 6.45) is 4.62. The Kier molecular flexibility index (Phi) is 3.80. The van der Waals surface area contributed by atoms with Crippen molar-refractivity contribution in [2.24, 2.45) is 4.99 Å². The Morgan fingerprint density at radius 1 is 0.931 bits per heavy atom. The van der Waals surface area contributed by atoms with Crippen LogP contribution in [0.5, 0.6) is 0 Å². The van der Waals surface area contributed by atoms with Gasteiger partial charge >= 0.3 is 0 Å². The first-order valence-electron chi connectivity index (χ1n) is 8.91. The lowest BCUT2D eigenvalue weighted by Gasteiger charge is -2.25. The molecule has 0 saturated carbocycles. The summed E-state index contributed by atoms with van der Waals surface area (Å²) < 4.78 is 31.3. The van der Waals surface area contributed by atoms with E-state index >= 15 is 0 Å². The van der Waals surface area contributed by atoms with Gasteiger partial charge in [0, 0.05) is 18.0 Å². The minimum atomic E-state index is -1.44. The molecule has 0 fully saturated rings. The maximum Gasteiger partial charge on any atom is 0.187 e. The molecule has 0 aliphatic carbocycles. The molecule has 5 rings (SSSR count). The van der Waals surface area contributed by atoms with Crippen LogP contribution in [0.2, 0.25) is 0 Å². The van der Waals surface area contributed by atoms with Crippen LogP contribution in [0.4, 0.5) is 8.78 Å². The first-order valence-corrected chi connectivity index (χ1v) is 8.91. The van der Waals surface area contributed by atoms with Crippen LogP contribution in [-0.2, 0) is 5.54 Å². The van der Waals surface area contributed by atoms with Crippen molar-refractivity contribution in [1.82, 2.24) is 24.7 Å². The van der Waals surface area contributed by atoms with Gasteiger partial charge in [-0.1, -0.05) is 24.3 Å². The van der Waals surface area contributed by atoms with Gasteiger partial charge in [0.2, 0.25) is 0 Å². The van der Waals surface area contributed by atoms with Crippen LogP contribution in [0.15, 0.2) is 66.0 Å². The molecule has 29 heavy (non-hydrogen) atoms. The van der Waals surface area contributed by atoms with E-state index in [1.807, 2.05) is 24.3 Å². The lowest BCUT2D eigenvalue weighted by molar-refractivity contribution is 0.464. The standard InChI is InChI=1S/C21H14F2N6/c1-21(18-14(22)6-4-7-15(18)23)20-28-27-19(16-9-10-24-12-25-16)29(20)17-8-3-2-5-13(17)11-26-21/h2-12H,1H3. The molecular weight excluding hydrogens is 374 g/mol. The van der Waals surface area contributed by atoms with E-state index in [4.69, 9.17) is 0 Å². The number of rotatable bonds is 2. The molecule has 0 spiro atoms. The number of hydrogen-bond acceptors (Lipinski definition) is 5. The van der Waals surface area contributed by atoms with Crippen LogP contribution >= 0.6 is 0 Å². The number of nitrogens with zero attached hydrogens (tertiary/aromatic N) is 6. The molecule has 1 aliphatic heterocycles. The highest BCUT2D eigenvalue weighted by Gasteiger charge is 2.41. The van der Waals surface area contributed by atoms with Gasteiger partial charge < -0.3 is 0 Å². The van der Waals surface area contributed by atoms with E-state index in [1.165, 1.54) is 24.5 Å². The van der Waals surface area contributed by atoms with E-state index in [1.54, 1.807) is 30.0 Å². The van der Waals surface area contributed by atoms with E-state index < -0.39 is 17.2 Å². The van der Waals surface area contributed by atoms with Crippen molar-refractivity contribution in [2.45, 2.75) is 12.5 Å². The molecule has 1 atom stereocenters. The van der Waals surface area contributed by atoms with E-state index in [9.17, 15) is 8.78 Å². The van der Waals surface area contributed by atoms with E-state index in [2.05, 4.69) is 25.2 Å². The van der Waals surface area contributed by atoms with Crippen LogP contribution in [-0.4, -0.2) is 30.9 Å². The molecule has 0 radical (unpaired) electrons. The minimum Gasteiger partial charge on any atom is -0.275 e. The summed E-state index contributed by atoms with van der Waals surface area (Å²) in [5.74, 6) is -0.679. The van der Waals surface area contributed by atoms with Crippen LogP contribution in [0, 0.1) is 11.6 Å². The summed E-state index contributed by atoms with van der Waals surface area (Å²) in [5.41, 5.74) is 0.417. The zero-order valence-corrected chi connectivity index (χ0v) is 15.3. The monoisotopic (exact) mass is 388 g/mol. The fraction of sp³-hybridized carbons (Fsp3) is 0.0952. The molecule has 0 amide bonds. The van der Waals surface area contributed by atoms with Crippen molar-refractivity contribution in [3.63, 3.8) is 0 Å². The summed E-state index contributed by atoms with van der Waals surface area (Å²) in [6, 6.07) is 12.9. The molecule has 0 bridgehead atoms. The summed E-state index contributed by atoms with van der Waals surface area (Å²) in [6.45, 7) is 1.63. The third-order valence-corrected chi connectivity index (χ3v) is 5.00. The summed E-state index contributed by atoms with van der Waals surface area (Å²) in [5, 5.41) is 8.60. The topological polar surface area (TPSA) is 68.8 Å². The average Bonchev–Trinajstić information content (AvgIpc) is 3.14. The Bertz CT molecular complexity index is 1230. The SMILES string of the molecule is CC1(c2c(F)cccc2F)N=Cc2ccccc2-n2c(-c3ccncn3)nnc21. The van der Waals surface area contributed by atoms with Crippen molar-refractivity contribution in [1.29, 1.82) is 0 Å². The van der Waals surface area contributed by atoms with Gasteiger partial charge in [-0.2, -0.15) is 0 Å². The van der Waals surface area contributed by atoms with Crippen LogP contribution in [0.3, 0.4) is 0 Å². The molecule has 8 heteroatoms. The molecule has 2 aromatic carbocycles. The quantitative estimate of drug-likeness (QED) is 0.525. The van der Waals surface area contributed by atoms with Gasteiger partial charge in [0.25, 0.3) is 0 Å². The Morgan fingerprint density at radius 2 is 1.72 bits per heavy atom. The fourth-order valence-corrected chi connectivity index (χ4v) is 3.61. The average molecular weight is 388 g/mol. The smallest absolute Gasteiger partial charge is 0.187 e. The van der Waals surface area contributed by atoms with Crippen molar-refractivity contribution >= 4 is 6.21 Å². The molecule has 1 aliphatic rings. The zero-order chi connectivity index (χ0) is 20.0. The highest BCUT2D eigenvalue weighted by atomic mass is 19.1. The Hall–Kier alpha value is -3.81. The lowest BCUT2D eigenvalue weighted by atomic mass is 9.90. The van der Waals surface area contributed by atoms with Gasteiger partial charge in [0.1, 0.15) is 29.2 Å². The Labute approximate surface area is 164 Å². The molecule has 1 unspecified atom stereocenters. The third kappa shape index (κ3) is 2.56. The number of aliphatic imine (C=N–C) groups is 1. The van der Waals surface area contributed by atoms with Crippen molar-refractivity contribution in [3.05, 3.63) is 89.6 Å². The fourth-order valence-electron chi connectivity index (χ4n) is 3.61. The molecule has 0 saturated heterocycles. The third-order valence-electron chi connectivity index (χ3n) is 5.00. The number of fused-ring (bicyclic) bond motifs is 3. The van der Waals surface area contributed by atoms with E-state index in [0.29, 0.717) is 11.5 Å². The predicted molar refractivity (Wildman–Crippen MR) is 103 cm³/mol. The molecule has 0 N–H and O–H groups in total. The van der Waals surface area contributed by atoms with Crippen LogP contribution in [0.25, 0.3) is 17.2 Å². The number of para-hydroxylation sites is 1. The Morgan fingerprint density at radius 3 is 2.48 bits per heavy atom. The highest BCUT2D eigenvalue weighted by Crippen LogP contribution is 2.40. The molecule has 4 aromatic rings. The summed E-state index contributed by atoms with van der Waals surface area (Å²) in [4.78, 5) is 12.8. The van der Waals surface area contributed by atoms with Gasteiger partial charge in [-0.3, -0.25) is 9.56 Å². The van der Waals surface area contributed by atoms with Gasteiger partial charge in [-0.15, -0.1) is 10.2 Å². The first-order chi connectivity index (χ1) is 14.1. The number of hydrogen-bond donors (Lipinski definition) is 0. The van der Waals surface area contributed by atoms with Crippen molar-refractivity contribution in [2.75, 3.05) is 0 Å². The second kappa shape index (κ2) is 6.37. The maximum atomic E-state index is 14.8. The molecule has 3 heterocycles. The van der Waals surface area contributed by atoms with Gasteiger partial charge in [0.05, 0.1) is 11.3 Å². The number of aromatic nitrogens is 5. The summed E-state index contributed by atoms with van der Waals surface area (Å²) >= 11 is 0. The zero-order valence-electron chi connectivity index (χ0n) is 15.3. The normalized spacial score (nSPS) is 17.5. The van der Waals surface area contributed by atoms with Gasteiger partial charge in [0.15, 0.2) is 11.6 Å². The molecule has 2 aromatic heterocycles. The second-order valence-electron chi connectivity index (χ2n) is 6.76.